The molecule has 1 aromatic rings. The Hall–Kier alpha value is -1.62. The smallest absolute Gasteiger partial charge is 0.339 e. The van der Waals surface area contributed by atoms with Gasteiger partial charge in [0.1, 0.15) is 5.56 Å². The zero-order valence-corrected chi connectivity index (χ0v) is 8.03. The lowest BCUT2D eigenvalue weighted by Gasteiger charge is -2.05. The van der Waals surface area contributed by atoms with Crippen LogP contribution in [0, 0.1) is 5.82 Å². The first-order valence-electron chi connectivity index (χ1n) is 4.51. The summed E-state index contributed by atoms with van der Waals surface area (Å²) in [6.45, 7) is 0.449. The van der Waals surface area contributed by atoms with Crippen molar-refractivity contribution in [1.29, 1.82) is 0 Å². The predicted molar refractivity (Wildman–Crippen MR) is 52.4 cm³/mol. The van der Waals surface area contributed by atoms with Gasteiger partial charge >= 0.3 is 5.97 Å². The molecule has 4 nitrogen and oxygen atoms in total. The van der Waals surface area contributed by atoms with E-state index < -0.39 is 23.1 Å². The maximum Gasteiger partial charge on any atom is 0.339 e. The molecular formula is C10H12FNO3. The highest BCUT2D eigenvalue weighted by Gasteiger charge is 2.15. The summed E-state index contributed by atoms with van der Waals surface area (Å²) >= 11 is 0. The maximum atomic E-state index is 13.1. The number of benzene rings is 1. The summed E-state index contributed by atoms with van der Waals surface area (Å²) in [5.74, 6) is -3.08. The first kappa shape index (κ1) is 11.5. The molecule has 0 amide bonds. The van der Waals surface area contributed by atoms with Gasteiger partial charge in [0.25, 0.3) is 0 Å². The molecule has 0 unspecified atom stereocenters. The molecule has 82 valence electrons. The molecule has 1 aromatic carbocycles. The molecule has 0 aliphatic carbocycles. The van der Waals surface area contributed by atoms with Crippen molar-refractivity contribution in [3.8, 4) is 5.75 Å². The van der Waals surface area contributed by atoms with E-state index >= 15 is 0 Å². The van der Waals surface area contributed by atoms with Crippen LogP contribution < -0.4 is 5.73 Å². The van der Waals surface area contributed by atoms with Crippen molar-refractivity contribution >= 4 is 5.97 Å². The predicted octanol–water partition coefficient (Wildman–Crippen LogP) is 1.12. The van der Waals surface area contributed by atoms with E-state index in [0.29, 0.717) is 24.9 Å². The van der Waals surface area contributed by atoms with Gasteiger partial charge in [-0.15, -0.1) is 0 Å². The van der Waals surface area contributed by atoms with E-state index in [9.17, 15) is 9.18 Å². The van der Waals surface area contributed by atoms with Crippen molar-refractivity contribution < 1.29 is 19.4 Å². The number of hydrogen-bond donors (Lipinski definition) is 3. The summed E-state index contributed by atoms with van der Waals surface area (Å²) in [5.41, 5.74) is 5.39. The lowest BCUT2D eigenvalue weighted by molar-refractivity contribution is 0.0692. The minimum absolute atomic E-state index is 0.415. The van der Waals surface area contributed by atoms with Gasteiger partial charge in [-0.2, -0.15) is 0 Å². The molecule has 4 N–H and O–H groups in total. The Labute approximate surface area is 86.1 Å². The quantitative estimate of drug-likeness (QED) is 0.699. The Morgan fingerprint density at radius 3 is 2.67 bits per heavy atom. The third-order valence-corrected chi connectivity index (χ3v) is 2.02. The van der Waals surface area contributed by atoms with Crippen molar-refractivity contribution in [1.82, 2.24) is 0 Å². The van der Waals surface area contributed by atoms with Gasteiger partial charge in [-0.05, 0) is 37.1 Å². The highest BCUT2D eigenvalue weighted by Crippen LogP contribution is 2.23. The molecule has 0 aromatic heterocycles. The van der Waals surface area contributed by atoms with Crippen LogP contribution in [0.15, 0.2) is 12.1 Å². The molecule has 0 saturated heterocycles. The van der Waals surface area contributed by atoms with Gasteiger partial charge < -0.3 is 15.9 Å². The molecule has 1 rings (SSSR count). The topological polar surface area (TPSA) is 83.5 Å². The Morgan fingerprint density at radius 1 is 1.47 bits per heavy atom. The van der Waals surface area contributed by atoms with Gasteiger partial charge in [0.15, 0.2) is 11.6 Å². The molecule has 0 radical (unpaired) electrons. The molecule has 0 aliphatic heterocycles. The van der Waals surface area contributed by atoms with Gasteiger partial charge in [-0.1, -0.05) is 0 Å². The van der Waals surface area contributed by atoms with Crippen LogP contribution in [0.2, 0.25) is 0 Å². The van der Waals surface area contributed by atoms with E-state index in [0.717, 1.165) is 6.07 Å². The molecular weight excluding hydrogens is 201 g/mol. The van der Waals surface area contributed by atoms with Crippen LogP contribution in [0.25, 0.3) is 0 Å². The van der Waals surface area contributed by atoms with Crippen LogP contribution in [-0.4, -0.2) is 22.7 Å². The van der Waals surface area contributed by atoms with Crippen LogP contribution >= 0.6 is 0 Å². The second-order valence-corrected chi connectivity index (χ2v) is 3.17. The highest BCUT2D eigenvalue weighted by molar-refractivity contribution is 5.91. The minimum Gasteiger partial charge on any atom is -0.504 e. The number of carbonyl (C=O) groups is 1. The zero-order chi connectivity index (χ0) is 11.4. The number of hydrogen-bond acceptors (Lipinski definition) is 3. The number of phenols is 1. The Balaban J connectivity index is 3.06. The first-order valence-corrected chi connectivity index (χ1v) is 4.51. The summed E-state index contributed by atoms with van der Waals surface area (Å²) < 4.78 is 13.1. The standard InChI is InChI=1S/C10H12FNO3/c11-8-5-6(2-1-3-12)4-7(9(8)13)10(14)15/h4-5,13H,1-3,12H2,(H,14,15). The maximum absolute atomic E-state index is 13.1. The van der Waals surface area contributed by atoms with E-state index in [4.69, 9.17) is 15.9 Å². The molecule has 5 heteroatoms. The Morgan fingerprint density at radius 2 is 2.13 bits per heavy atom. The highest BCUT2D eigenvalue weighted by atomic mass is 19.1. The fourth-order valence-corrected chi connectivity index (χ4v) is 1.27. The van der Waals surface area contributed by atoms with Crippen molar-refractivity contribution in [2.24, 2.45) is 5.73 Å². The molecule has 0 atom stereocenters. The van der Waals surface area contributed by atoms with Crippen molar-refractivity contribution in [2.75, 3.05) is 6.54 Å². The summed E-state index contributed by atoms with van der Waals surface area (Å²) in [6.07, 6.45) is 1.14. The van der Waals surface area contributed by atoms with Crippen LogP contribution in [-0.2, 0) is 6.42 Å². The van der Waals surface area contributed by atoms with Crippen molar-refractivity contribution in [2.45, 2.75) is 12.8 Å². The number of aryl methyl sites for hydroxylation is 1. The van der Waals surface area contributed by atoms with Crippen LogP contribution in [0.3, 0.4) is 0 Å². The monoisotopic (exact) mass is 213 g/mol. The normalized spacial score (nSPS) is 10.3. The Bertz CT molecular complexity index is 379. The third kappa shape index (κ3) is 2.66. The Kier molecular flexibility index (Phi) is 3.62. The van der Waals surface area contributed by atoms with E-state index in [1.807, 2.05) is 0 Å². The molecule has 0 bridgehead atoms. The van der Waals surface area contributed by atoms with Crippen LogP contribution in [0.5, 0.6) is 5.75 Å². The van der Waals surface area contributed by atoms with Crippen molar-refractivity contribution in [3.63, 3.8) is 0 Å². The fraction of sp³-hybridized carbons (Fsp3) is 0.300. The lowest BCUT2D eigenvalue weighted by Crippen LogP contribution is -2.03. The van der Waals surface area contributed by atoms with Crippen molar-refractivity contribution in [3.05, 3.63) is 29.1 Å². The summed E-state index contributed by atoms with van der Waals surface area (Å²) in [6, 6.07) is 2.38. The summed E-state index contributed by atoms with van der Waals surface area (Å²) in [5, 5.41) is 17.8. The second kappa shape index (κ2) is 4.75. The van der Waals surface area contributed by atoms with Crippen LogP contribution in [0.4, 0.5) is 4.39 Å². The molecule has 0 aliphatic rings. The average molecular weight is 213 g/mol. The largest absolute Gasteiger partial charge is 0.504 e. The third-order valence-electron chi connectivity index (χ3n) is 2.02. The van der Waals surface area contributed by atoms with Gasteiger partial charge in [0.2, 0.25) is 0 Å². The number of halogens is 1. The lowest BCUT2D eigenvalue weighted by atomic mass is 10.1. The van der Waals surface area contributed by atoms with Crippen LogP contribution in [0.1, 0.15) is 22.3 Å². The number of rotatable bonds is 4. The molecule has 0 fully saturated rings. The number of aromatic hydroxyl groups is 1. The second-order valence-electron chi connectivity index (χ2n) is 3.17. The number of carboxylic acid groups (broad SMARTS) is 1. The van der Waals surface area contributed by atoms with Gasteiger partial charge in [-0.3, -0.25) is 0 Å². The summed E-state index contributed by atoms with van der Waals surface area (Å²) in [4.78, 5) is 10.6. The number of aromatic carboxylic acids is 1. The van der Waals surface area contributed by atoms with Gasteiger partial charge in [0, 0.05) is 0 Å². The van der Waals surface area contributed by atoms with Gasteiger partial charge in [-0.25, -0.2) is 9.18 Å². The molecule has 15 heavy (non-hydrogen) atoms. The van der Waals surface area contributed by atoms with E-state index in [2.05, 4.69) is 0 Å². The number of carboxylic acids is 1. The van der Waals surface area contributed by atoms with E-state index in [-0.39, 0.29) is 0 Å². The van der Waals surface area contributed by atoms with Gasteiger partial charge in [0.05, 0.1) is 0 Å². The summed E-state index contributed by atoms with van der Waals surface area (Å²) in [7, 11) is 0. The minimum atomic E-state index is -1.35. The SMILES string of the molecule is NCCCc1cc(F)c(O)c(C(=O)O)c1. The van der Waals surface area contributed by atoms with E-state index in [1.54, 1.807) is 0 Å². The number of nitrogens with two attached hydrogens (primary N) is 1. The molecule has 0 heterocycles. The first-order chi connectivity index (χ1) is 7.06. The molecule has 0 spiro atoms. The molecule has 0 saturated carbocycles. The zero-order valence-electron chi connectivity index (χ0n) is 8.03. The van der Waals surface area contributed by atoms with E-state index in [1.165, 1.54) is 6.07 Å². The fourth-order valence-electron chi connectivity index (χ4n) is 1.27. The average Bonchev–Trinajstić information content (AvgIpc) is 2.19.